The highest BCUT2D eigenvalue weighted by Crippen LogP contribution is 2.27. The number of fused-ring (bicyclic) bond motifs is 1. The Balaban J connectivity index is 1.72. The lowest BCUT2D eigenvalue weighted by Gasteiger charge is -2.29. The van der Waals surface area contributed by atoms with Crippen molar-refractivity contribution in [1.82, 2.24) is 10.3 Å². The average Bonchev–Trinajstić information content (AvgIpc) is 2.62. The van der Waals surface area contributed by atoms with Gasteiger partial charge in [0.2, 0.25) is 5.91 Å². The van der Waals surface area contributed by atoms with Crippen LogP contribution < -0.4 is 5.32 Å². The number of pyridine rings is 1. The van der Waals surface area contributed by atoms with E-state index in [9.17, 15) is 10.1 Å². The van der Waals surface area contributed by atoms with E-state index in [0.29, 0.717) is 22.3 Å². The van der Waals surface area contributed by atoms with E-state index in [-0.39, 0.29) is 11.9 Å². The number of amides is 1. The molecule has 0 radical (unpaired) electrons. The van der Waals surface area contributed by atoms with Gasteiger partial charge in [0.15, 0.2) is 0 Å². The zero-order valence-electron chi connectivity index (χ0n) is 15.6. The van der Waals surface area contributed by atoms with Crippen molar-refractivity contribution < 1.29 is 4.79 Å². The van der Waals surface area contributed by atoms with Gasteiger partial charge in [0.05, 0.1) is 16.8 Å². The van der Waals surface area contributed by atoms with Crippen LogP contribution >= 0.6 is 11.8 Å². The Morgan fingerprint density at radius 3 is 2.73 bits per heavy atom. The summed E-state index contributed by atoms with van der Waals surface area (Å²) < 4.78 is 0. The Labute approximate surface area is 159 Å². The lowest BCUT2D eigenvalue weighted by Crippen LogP contribution is -2.41. The molecule has 26 heavy (non-hydrogen) atoms. The largest absolute Gasteiger partial charge is 0.352 e. The fourth-order valence-electron chi connectivity index (χ4n) is 3.53. The van der Waals surface area contributed by atoms with Crippen LogP contribution in [-0.2, 0) is 4.79 Å². The second kappa shape index (κ2) is 8.09. The van der Waals surface area contributed by atoms with Crippen LogP contribution in [0.5, 0.6) is 0 Å². The summed E-state index contributed by atoms with van der Waals surface area (Å²) in [5.41, 5.74) is 3.76. The van der Waals surface area contributed by atoms with E-state index < -0.39 is 0 Å². The molecule has 1 aromatic carbocycles. The molecule has 1 heterocycles. The summed E-state index contributed by atoms with van der Waals surface area (Å²) >= 11 is 1.35. The summed E-state index contributed by atoms with van der Waals surface area (Å²) in [7, 11) is 0. The molecule has 1 saturated carbocycles. The summed E-state index contributed by atoms with van der Waals surface area (Å²) in [6.45, 7) is 6.32. The fraction of sp³-hybridized carbons (Fsp3) is 0.476. The van der Waals surface area contributed by atoms with Gasteiger partial charge in [-0.3, -0.25) is 4.79 Å². The Hall–Kier alpha value is -2.06. The number of nitrogens with one attached hydrogen (secondary N) is 1. The molecule has 1 aliphatic carbocycles. The van der Waals surface area contributed by atoms with Crippen LogP contribution in [-0.4, -0.2) is 22.7 Å². The molecule has 0 aliphatic heterocycles. The molecule has 2 atom stereocenters. The topological polar surface area (TPSA) is 65.8 Å². The normalized spacial score (nSPS) is 19.9. The van der Waals surface area contributed by atoms with Gasteiger partial charge in [-0.15, -0.1) is 0 Å². The number of nitriles is 1. The highest BCUT2D eigenvalue weighted by molar-refractivity contribution is 8.00. The molecule has 4 nitrogen and oxygen atoms in total. The van der Waals surface area contributed by atoms with E-state index in [0.717, 1.165) is 17.3 Å². The maximum Gasteiger partial charge on any atom is 0.230 e. The number of thioether (sulfide) groups is 1. The molecule has 136 valence electrons. The van der Waals surface area contributed by atoms with Crippen molar-refractivity contribution in [1.29, 1.82) is 5.26 Å². The maximum atomic E-state index is 12.3. The molecular formula is C21H25N3OS. The lowest BCUT2D eigenvalue weighted by molar-refractivity contribution is -0.119. The lowest BCUT2D eigenvalue weighted by atomic mass is 9.86. The second-order valence-corrected chi connectivity index (χ2v) is 8.27. The second-order valence-electron chi connectivity index (χ2n) is 7.31. The summed E-state index contributed by atoms with van der Waals surface area (Å²) in [6.07, 6.45) is 4.69. The monoisotopic (exact) mass is 367 g/mol. The predicted octanol–water partition coefficient (Wildman–Crippen LogP) is 4.51. The van der Waals surface area contributed by atoms with Crippen LogP contribution in [0.1, 0.15) is 49.3 Å². The Morgan fingerprint density at radius 1 is 1.27 bits per heavy atom. The number of nitrogens with zero attached hydrogens (tertiary/aromatic N) is 2. The summed E-state index contributed by atoms with van der Waals surface area (Å²) in [4.78, 5) is 17.0. The van der Waals surface area contributed by atoms with Crippen molar-refractivity contribution in [2.75, 3.05) is 5.75 Å². The SMILES string of the molecule is Cc1cc2cc(C#N)c(SCC(=O)N[C@@H]3CCCC[C@H]3C)nc2cc1C. The minimum atomic E-state index is 0.0274. The van der Waals surface area contributed by atoms with Gasteiger partial charge in [0.25, 0.3) is 0 Å². The van der Waals surface area contributed by atoms with E-state index in [1.807, 2.05) is 12.1 Å². The van der Waals surface area contributed by atoms with Gasteiger partial charge in [0.1, 0.15) is 11.1 Å². The van der Waals surface area contributed by atoms with Crippen molar-refractivity contribution in [3.8, 4) is 6.07 Å². The van der Waals surface area contributed by atoms with Crippen LogP contribution in [0.25, 0.3) is 10.9 Å². The smallest absolute Gasteiger partial charge is 0.230 e. The van der Waals surface area contributed by atoms with Crippen LogP contribution in [0.4, 0.5) is 0 Å². The van der Waals surface area contributed by atoms with Crippen LogP contribution in [0.3, 0.4) is 0 Å². The first-order chi connectivity index (χ1) is 12.5. The highest BCUT2D eigenvalue weighted by Gasteiger charge is 2.23. The number of benzene rings is 1. The fourth-order valence-corrected chi connectivity index (χ4v) is 4.30. The van der Waals surface area contributed by atoms with Crippen molar-refractivity contribution in [3.05, 3.63) is 34.9 Å². The number of carbonyl (C=O) groups is 1. The van der Waals surface area contributed by atoms with E-state index in [4.69, 9.17) is 0 Å². The molecule has 1 fully saturated rings. The van der Waals surface area contributed by atoms with E-state index in [1.54, 1.807) is 0 Å². The molecule has 1 aliphatic rings. The molecule has 1 amide bonds. The molecule has 5 heteroatoms. The zero-order valence-corrected chi connectivity index (χ0v) is 16.4. The van der Waals surface area contributed by atoms with Gasteiger partial charge in [-0.1, -0.05) is 31.5 Å². The van der Waals surface area contributed by atoms with Crippen LogP contribution in [0.15, 0.2) is 23.2 Å². The zero-order chi connectivity index (χ0) is 18.7. The van der Waals surface area contributed by atoms with Gasteiger partial charge in [-0.2, -0.15) is 5.26 Å². The third-order valence-electron chi connectivity index (χ3n) is 5.31. The molecule has 0 saturated heterocycles. The van der Waals surface area contributed by atoms with E-state index in [2.05, 4.69) is 43.2 Å². The van der Waals surface area contributed by atoms with E-state index >= 15 is 0 Å². The quantitative estimate of drug-likeness (QED) is 0.808. The minimum Gasteiger partial charge on any atom is -0.352 e. The molecule has 1 N–H and O–H groups in total. The van der Waals surface area contributed by atoms with Gasteiger partial charge >= 0.3 is 0 Å². The van der Waals surface area contributed by atoms with Gasteiger partial charge in [-0.05, 0) is 61.9 Å². The van der Waals surface area contributed by atoms with Crippen LogP contribution in [0.2, 0.25) is 0 Å². The number of carbonyl (C=O) groups excluding carboxylic acids is 1. The molecular weight excluding hydrogens is 342 g/mol. The number of rotatable bonds is 4. The molecule has 2 aromatic rings. The highest BCUT2D eigenvalue weighted by atomic mass is 32.2. The van der Waals surface area contributed by atoms with Gasteiger partial charge in [-0.25, -0.2) is 4.98 Å². The number of hydrogen-bond acceptors (Lipinski definition) is 4. The number of hydrogen-bond donors (Lipinski definition) is 1. The third kappa shape index (κ3) is 4.19. The Kier molecular flexibility index (Phi) is 5.83. The summed E-state index contributed by atoms with van der Waals surface area (Å²) in [5, 5.41) is 14.2. The first-order valence-corrected chi connectivity index (χ1v) is 10.2. The van der Waals surface area contributed by atoms with Crippen molar-refractivity contribution in [3.63, 3.8) is 0 Å². The van der Waals surface area contributed by atoms with Gasteiger partial charge < -0.3 is 5.32 Å². The predicted molar refractivity (Wildman–Crippen MR) is 106 cm³/mol. The molecule has 3 rings (SSSR count). The van der Waals surface area contributed by atoms with Gasteiger partial charge in [0, 0.05) is 11.4 Å². The van der Waals surface area contributed by atoms with Crippen molar-refractivity contribution >= 4 is 28.6 Å². The third-order valence-corrected chi connectivity index (χ3v) is 6.30. The first-order valence-electron chi connectivity index (χ1n) is 9.22. The first kappa shape index (κ1) is 18.7. The molecule has 0 unspecified atom stereocenters. The van der Waals surface area contributed by atoms with Crippen molar-refractivity contribution in [2.45, 2.75) is 57.5 Å². The average molecular weight is 368 g/mol. The van der Waals surface area contributed by atoms with Crippen LogP contribution in [0, 0.1) is 31.1 Å². The van der Waals surface area contributed by atoms with Crippen molar-refractivity contribution in [2.24, 2.45) is 5.92 Å². The summed E-state index contributed by atoms with van der Waals surface area (Å²) in [5.74, 6) is 0.860. The van der Waals surface area contributed by atoms with E-state index in [1.165, 1.54) is 42.2 Å². The number of aromatic nitrogens is 1. The maximum absolute atomic E-state index is 12.3. The standard InChI is InChI=1S/C21H25N3OS/c1-13-6-4-5-7-18(13)23-20(25)12-26-21-17(11-22)10-16-8-14(2)15(3)9-19(16)24-21/h8-10,13,18H,4-7,12H2,1-3H3,(H,23,25)/t13-,18-/m1/s1. The molecule has 0 bridgehead atoms. The Morgan fingerprint density at radius 2 is 2.00 bits per heavy atom. The Bertz CT molecular complexity index is 872. The molecule has 0 spiro atoms. The molecule has 1 aromatic heterocycles. The summed E-state index contributed by atoms with van der Waals surface area (Å²) in [6, 6.07) is 8.47. The minimum absolute atomic E-state index is 0.0274. The number of aryl methyl sites for hydroxylation is 2.